The van der Waals surface area contributed by atoms with Gasteiger partial charge >= 0.3 is 0 Å². The predicted molar refractivity (Wildman–Crippen MR) is 92.6 cm³/mol. The molecule has 0 saturated heterocycles. The van der Waals surface area contributed by atoms with Gasteiger partial charge in [-0.1, -0.05) is 12.1 Å². The number of ether oxygens (including phenoxy) is 1. The van der Waals surface area contributed by atoms with Crippen molar-refractivity contribution in [1.82, 2.24) is 14.5 Å². The van der Waals surface area contributed by atoms with Crippen molar-refractivity contribution in [2.24, 2.45) is 0 Å². The van der Waals surface area contributed by atoms with Crippen molar-refractivity contribution >= 4 is 22.5 Å². The zero-order valence-corrected chi connectivity index (χ0v) is 13.8. The highest BCUT2D eigenvalue weighted by Gasteiger charge is 2.18. The molecule has 3 heterocycles. The molecular weight excluding hydrogens is 310 g/mol. The standard InChI is InChI=1S/C14H10ClN3O.C4H6/c15-14-16-5-4-11(17-14)10-8-18-6-7-19-12-3-1-2-9(10)13(12)18;1-3-4-2/h1-5,8H,6-7H2;1-2H3. The third-order valence-corrected chi connectivity index (χ3v) is 3.79. The lowest BCUT2D eigenvalue weighted by Gasteiger charge is -2.16. The number of halogens is 1. The average molecular weight is 326 g/mol. The fourth-order valence-corrected chi connectivity index (χ4v) is 2.71. The van der Waals surface area contributed by atoms with Gasteiger partial charge in [-0.15, -0.1) is 11.8 Å². The van der Waals surface area contributed by atoms with Crippen LogP contribution in [-0.4, -0.2) is 21.1 Å². The third-order valence-electron chi connectivity index (χ3n) is 3.60. The minimum Gasteiger partial charge on any atom is -0.490 e. The van der Waals surface area contributed by atoms with Crippen LogP contribution in [0.25, 0.3) is 22.2 Å². The summed E-state index contributed by atoms with van der Waals surface area (Å²) in [6, 6.07) is 7.94. The van der Waals surface area contributed by atoms with Gasteiger partial charge in [0.1, 0.15) is 12.4 Å². The second-order valence-electron chi connectivity index (χ2n) is 4.95. The van der Waals surface area contributed by atoms with Gasteiger partial charge in [0, 0.05) is 23.3 Å². The summed E-state index contributed by atoms with van der Waals surface area (Å²) in [5.41, 5.74) is 3.02. The summed E-state index contributed by atoms with van der Waals surface area (Å²) >= 11 is 5.88. The van der Waals surface area contributed by atoms with Crippen molar-refractivity contribution in [2.75, 3.05) is 6.61 Å². The maximum Gasteiger partial charge on any atom is 0.222 e. The zero-order valence-electron chi connectivity index (χ0n) is 13.0. The van der Waals surface area contributed by atoms with Gasteiger partial charge in [-0.2, -0.15) is 0 Å². The van der Waals surface area contributed by atoms with E-state index in [-0.39, 0.29) is 5.28 Å². The molecule has 0 aliphatic carbocycles. The van der Waals surface area contributed by atoms with Crippen molar-refractivity contribution in [2.45, 2.75) is 20.4 Å². The first-order chi connectivity index (χ1) is 11.2. The van der Waals surface area contributed by atoms with Crippen molar-refractivity contribution in [1.29, 1.82) is 0 Å². The van der Waals surface area contributed by atoms with Gasteiger partial charge in [-0.05, 0) is 37.6 Å². The summed E-state index contributed by atoms with van der Waals surface area (Å²) in [6.45, 7) is 5.19. The average Bonchev–Trinajstić information content (AvgIpc) is 2.96. The minimum absolute atomic E-state index is 0.265. The van der Waals surface area contributed by atoms with Crippen LogP contribution >= 0.6 is 11.6 Å². The molecule has 1 aliphatic heterocycles. The van der Waals surface area contributed by atoms with Crippen LogP contribution in [-0.2, 0) is 6.54 Å². The number of hydrogen-bond acceptors (Lipinski definition) is 3. The number of hydrogen-bond donors (Lipinski definition) is 0. The third kappa shape index (κ3) is 3.01. The van der Waals surface area contributed by atoms with E-state index in [9.17, 15) is 0 Å². The molecule has 3 aromatic rings. The molecule has 0 N–H and O–H groups in total. The molecule has 116 valence electrons. The van der Waals surface area contributed by atoms with Gasteiger partial charge < -0.3 is 9.30 Å². The molecular formula is C18H16ClN3O. The van der Waals surface area contributed by atoms with Crippen LogP contribution in [0.2, 0.25) is 5.28 Å². The quantitative estimate of drug-likeness (QED) is 0.498. The van der Waals surface area contributed by atoms with Crippen LogP contribution in [0.5, 0.6) is 5.75 Å². The molecule has 23 heavy (non-hydrogen) atoms. The van der Waals surface area contributed by atoms with E-state index in [1.54, 1.807) is 6.20 Å². The lowest BCUT2D eigenvalue weighted by Crippen LogP contribution is -2.12. The molecule has 0 saturated carbocycles. The summed E-state index contributed by atoms with van der Waals surface area (Å²) in [7, 11) is 0. The van der Waals surface area contributed by atoms with Gasteiger partial charge in [0.15, 0.2) is 0 Å². The monoisotopic (exact) mass is 325 g/mol. The molecule has 4 nitrogen and oxygen atoms in total. The van der Waals surface area contributed by atoms with Gasteiger partial charge in [0.25, 0.3) is 0 Å². The Kier molecular flexibility index (Phi) is 4.50. The first kappa shape index (κ1) is 15.4. The van der Waals surface area contributed by atoms with E-state index >= 15 is 0 Å². The lowest BCUT2D eigenvalue weighted by atomic mass is 10.1. The van der Waals surface area contributed by atoms with Gasteiger partial charge in [-0.25, -0.2) is 9.97 Å². The number of rotatable bonds is 1. The second kappa shape index (κ2) is 6.72. The fraction of sp³-hybridized carbons (Fsp3) is 0.222. The normalized spacial score (nSPS) is 11.8. The highest BCUT2D eigenvalue weighted by molar-refractivity contribution is 6.28. The van der Waals surface area contributed by atoms with E-state index in [4.69, 9.17) is 16.3 Å². The molecule has 0 bridgehead atoms. The number of para-hydroxylation sites is 1. The molecule has 1 aliphatic rings. The SMILES string of the molecule is CC#CC.Clc1nccc(-c2cn3c4c(cccc24)OCC3)n1. The van der Waals surface area contributed by atoms with E-state index in [0.717, 1.165) is 34.5 Å². The second-order valence-corrected chi connectivity index (χ2v) is 5.29. The molecule has 0 radical (unpaired) electrons. The van der Waals surface area contributed by atoms with Gasteiger partial charge in [0.2, 0.25) is 5.28 Å². The lowest BCUT2D eigenvalue weighted by molar-refractivity contribution is 0.287. The van der Waals surface area contributed by atoms with Gasteiger partial charge in [-0.3, -0.25) is 0 Å². The van der Waals surface area contributed by atoms with Crippen LogP contribution in [0.15, 0.2) is 36.7 Å². The van der Waals surface area contributed by atoms with Crippen LogP contribution in [0.4, 0.5) is 0 Å². The van der Waals surface area contributed by atoms with Crippen molar-refractivity contribution in [3.63, 3.8) is 0 Å². The van der Waals surface area contributed by atoms with E-state index in [1.165, 1.54) is 0 Å². The summed E-state index contributed by atoms with van der Waals surface area (Å²) in [4.78, 5) is 8.22. The van der Waals surface area contributed by atoms with Crippen molar-refractivity contribution in [3.8, 4) is 28.8 Å². The molecule has 4 rings (SSSR count). The Labute approximate surface area is 140 Å². The molecule has 0 atom stereocenters. The number of aromatic nitrogens is 3. The Bertz CT molecular complexity index is 900. The first-order valence-corrected chi connectivity index (χ1v) is 7.69. The van der Waals surface area contributed by atoms with Crippen molar-refractivity contribution in [3.05, 3.63) is 41.9 Å². The summed E-state index contributed by atoms with van der Waals surface area (Å²) in [5.74, 6) is 6.29. The highest BCUT2D eigenvalue weighted by Crippen LogP contribution is 2.36. The maximum atomic E-state index is 5.88. The summed E-state index contributed by atoms with van der Waals surface area (Å²) in [6.07, 6.45) is 3.78. The predicted octanol–water partition coefficient (Wildman–Crippen LogP) is 4.17. The largest absolute Gasteiger partial charge is 0.490 e. The highest BCUT2D eigenvalue weighted by atomic mass is 35.5. The van der Waals surface area contributed by atoms with Gasteiger partial charge in [0.05, 0.1) is 17.8 Å². The van der Waals surface area contributed by atoms with Crippen molar-refractivity contribution < 1.29 is 4.74 Å². The minimum atomic E-state index is 0.265. The topological polar surface area (TPSA) is 39.9 Å². The Morgan fingerprint density at radius 2 is 2.04 bits per heavy atom. The molecule has 0 unspecified atom stereocenters. The molecule has 0 fully saturated rings. The van der Waals surface area contributed by atoms with E-state index in [1.807, 2.05) is 32.0 Å². The zero-order chi connectivity index (χ0) is 16.2. The number of nitrogens with zero attached hydrogens (tertiary/aromatic N) is 3. The Hall–Kier alpha value is -2.51. The Balaban J connectivity index is 0.000000354. The van der Waals surface area contributed by atoms with Crippen LogP contribution in [0.1, 0.15) is 13.8 Å². The fourth-order valence-electron chi connectivity index (χ4n) is 2.56. The molecule has 2 aromatic heterocycles. The molecule has 5 heteroatoms. The van der Waals surface area contributed by atoms with Crippen LogP contribution < -0.4 is 4.74 Å². The van der Waals surface area contributed by atoms with Crippen LogP contribution in [0, 0.1) is 11.8 Å². The maximum absolute atomic E-state index is 5.88. The Morgan fingerprint density at radius 1 is 1.22 bits per heavy atom. The summed E-state index contributed by atoms with van der Waals surface area (Å²) in [5, 5.41) is 1.40. The smallest absolute Gasteiger partial charge is 0.222 e. The molecule has 0 spiro atoms. The molecule has 0 amide bonds. The van der Waals surface area contributed by atoms with Crippen LogP contribution in [0.3, 0.4) is 0 Å². The van der Waals surface area contributed by atoms with E-state index < -0.39 is 0 Å². The Morgan fingerprint density at radius 3 is 2.78 bits per heavy atom. The first-order valence-electron chi connectivity index (χ1n) is 7.31. The van der Waals surface area contributed by atoms with E-state index in [2.05, 4.69) is 38.6 Å². The summed E-state index contributed by atoms with van der Waals surface area (Å²) < 4.78 is 7.90. The van der Waals surface area contributed by atoms with E-state index in [0.29, 0.717) is 6.61 Å². The number of benzene rings is 1. The molecule has 1 aromatic carbocycles.